The number of rotatable bonds is 24. The van der Waals surface area contributed by atoms with Crippen molar-refractivity contribution in [3.8, 4) is 0 Å². The molecule has 4 amide bonds. The van der Waals surface area contributed by atoms with Crippen molar-refractivity contribution < 1.29 is 94.5 Å². The Balaban J connectivity index is 0.000000631. The fourth-order valence-corrected chi connectivity index (χ4v) is 13.5. The Labute approximate surface area is 583 Å². The van der Waals surface area contributed by atoms with Gasteiger partial charge >= 0.3 is 23.9 Å². The van der Waals surface area contributed by atoms with Gasteiger partial charge in [-0.1, -0.05) is 177 Å². The minimum Gasteiger partial charge on any atom is -1.00 e. The molecule has 0 spiro atoms. The van der Waals surface area contributed by atoms with E-state index in [1.807, 2.05) is 121 Å². The molecule has 20 heteroatoms. The van der Waals surface area contributed by atoms with Crippen molar-refractivity contribution in [2.45, 2.75) is 208 Å². The summed E-state index contributed by atoms with van der Waals surface area (Å²) >= 11 is 0. The van der Waals surface area contributed by atoms with E-state index in [0.29, 0.717) is 73.0 Å². The molecular formula is C76H114Cl2N4O14. The van der Waals surface area contributed by atoms with Crippen LogP contribution < -0.4 is 46.1 Å². The lowest BCUT2D eigenvalue weighted by atomic mass is 9.76. The second-order valence-electron chi connectivity index (χ2n) is 27.8. The summed E-state index contributed by atoms with van der Waals surface area (Å²) in [5, 5.41) is 48.5. The van der Waals surface area contributed by atoms with Gasteiger partial charge in [0.2, 0.25) is 23.6 Å². The maximum atomic E-state index is 12.4. The van der Waals surface area contributed by atoms with Crippen LogP contribution in [0, 0.1) is 71.0 Å². The van der Waals surface area contributed by atoms with Crippen LogP contribution >= 0.6 is 0 Å². The molecule has 0 aromatic heterocycles. The smallest absolute Gasteiger partial charge is 0.326 e. The van der Waals surface area contributed by atoms with Crippen LogP contribution in [0.1, 0.15) is 180 Å². The number of aliphatic carboxylic acids is 4. The van der Waals surface area contributed by atoms with Crippen molar-refractivity contribution in [3.63, 3.8) is 0 Å². The van der Waals surface area contributed by atoms with Crippen LogP contribution in [0.5, 0.6) is 0 Å². The largest absolute Gasteiger partial charge is 1.00 e. The minimum atomic E-state index is -0.974. The molecule has 14 N–H and O–H groups in total. The molecular weight excluding hydrogens is 1260 g/mol. The van der Waals surface area contributed by atoms with Crippen molar-refractivity contribution in [3.05, 3.63) is 144 Å². The zero-order chi connectivity index (χ0) is 67.3. The van der Waals surface area contributed by atoms with Gasteiger partial charge in [0.25, 0.3) is 0 Å². The van der Waals surface area contributed by atoms with E-state index in [2.05, 4.69) is 76.7 Å². The Hall–Kier alpha value is -6.86. The Morgan fingerprint density at radius 3 is 0.562 bits per heavy atom. The first-order valence-corrected chi connectivity index (χ1v) is 34.2. The number of carboxylic acid groups (broad SMARTS) is 4. The van der Waals surface area contributed by atoms with Crippen LogP contribution in [0.15, 0.2) is 121 Å². The van der Waals surface area contributed by atoms with E-state index in [4.69, 9.17) is 0 Å². The van der Waals surface area contributed by atoms with E-state index in [1.165, 1.54) is 0 Å². The zero-order valence-electron chi connectivity index (χ0n) is 57.9. The minimum absolute atomic E-state index is 0. The van der Waals surface area contributed by atoms with E-state index in [-0.39, 0.29) is 83.1 Å². The van der Waals surface area contributed by atoms with E-state index >= 15 is 0 Å². The van der Waals surface area contributed by atoms with E-state index in [1.54, 1.807) is 0 Å². The molecule has 4 aliphatic rings. The normalized spacial score (nSPS) is 21.6. The number of nitrogens with one attached hydrogen (secondary N) is 4. The number of halogens is 2. The molecule has 0 saturated heterocycles. The summed E-state index contributed by atoms with van der Waals surface area (Å²) in [5.74, 6) is 0.940. The van der Waals surface area contributed by atoms with Crippen molar-refractivity contribution in [1.82, 2.24) is 21.3 Å². The highest BCUT2D eigenvalue weighted by molar-refractivity contribution is 5.87. The van der Waals surface area contributed by atoms with Crippen molar-refractivity contribution in [2.75, 3.05) is 0 Å². The molecule has 536 valence electrons. The van der Waals surface area contributed by atoms with Gasteiger partial charge in [0.05, 0.1) is 0 Å². The standard InChI is InChI=1S/4C19H27NO3.2ClH.2H2O/c4*1-13(2)15-8-10-16(11-9-15)18(21)20-17(19(22)23)12-14-6-4-3-5-7-14;;;;/h4*3-7,13,15-17H,8-12H2,1-2H3,(H,20,21)(H,22,23);2*1H;2*1H2/t4*15?,16?,17-;;;;/m1111..../s1. The number of hydrogen-bond donors (Lipinski definition) is 8. The Morgan fingerprint density at radius 1 is 0.292 bits per heavy atom. The summed E-state index contributed by atoms with van der Waals surface area (Å²) in [7, 11) is 0. The summed E-state index contributed by atoms with van der Waals surface area (Å²) in [6.07, 6.45) is 16.7. The third-order valence-corrected chi connectivity index (χ3v) is 19.9. The van der Waals surface area contributed by atoms with Gasteiger partial charge in [0, 0.05) is 49.4 Å². The first-order valence-electron chi connectivity index (χ1n) is 34.2. The lowest BCUT2D eigenvalue weighted by Crippen LogP contribution is -3.00. The monoisotopic (exact) mass is 1380 g/mol. The van der Waals surface area contributed by atoms with Crippen molar-refractivity contribution in [1.29, 1.82) is 0 Å². The fraction of sp³-hybridized carbons (Fsp3) is 0.579. The van der Waals surface area contributed by atoms with Crippen molar-refractivity contribution in [2.24, 2.45) is 71.0 Å². The maximum absolute atomic E-state index is 12.4. The SMILES string of the molecule is CC(C)C1CCC(C(=O)N[C@H](Cc2ccccc2)C(=O)O)CC1.CC(C)C1CCC(C(=O)N[C@H](Cc2ccccc2)C(=O)O)CC1.CC(C)C1CCC(C(=O)N[C@H](Cc2ccccc2)C(=O)O)CC1.CC(C)C1CCC(C(=O)N[C@H](Cc2ccccc2)C(=O)O)CC1.[Cl-].[Cl-].[OH3+].[OH3+]. The van der Waals surface area contributed by atoms with Gasteiger partial charge in [-0.2, -0.15) is 0 Å². The fourth-order valence-electron chi connectivity index (χ4n) is 13.5. The second kappa shape index (κ2) is 45.6. The quantitative estimate of drug-likeness (QED) is 0.0420. The molecule has 0 radical (unpaired) electrons. The highest BCUT2D eigenvalue weighted by Gasteiger charge is 2.35. The molecule has 0 aliphatic heterocycles. The van der Waals surface area contributed by atoms with Crippen LogP contribution in [-0.2, 0) is 75.0 Å². The third-order valence-electron chi connectivity index (χ3n) is 19.9. The summed E-state index contributed by atoms with van der Waals surface area (Å²) in [6, 6.07) is 34.3. The predicted molar refractivity (Wildman–Crippen MR) is 370 cm³/mol. The lowest BCUT2D eigenvalue weighted by molar-refractivity contribution is -0.143. The van der Waals surface area contributed by atoms with Crippen molar-refractivity contribution >= 4 is 47.5 Å². The van der Waals surface area contributed by atoms with Gasteiger partial charge in [-0.3, -0.25) is 19.2 Å². The Morgan fingerprint density at radius 2 is 0.438 bits per heavy atom. The number of hydrogen-bond acceptors (Lipinski definition) is 8. The van der Waals surface area contributed by atoms with Crippen LogP contribution in [0.4, 0.5) is 0 Å². The third kappa shape index (κ3) is 30.7. The summed E-state index contributed by atoms with van der Waals surface area (Å²) < 4.78 is 0. The van der Waals surface area contributed by atoms with E-state index in [9.17, 15) is 58.8 Å². The number of carbonyl (C=O) groups excluding carboxylic acids is 4. The Bertz CT molecular complexity index is 2480. The molecule has 8 rings (SSSR count). The average molecular weight is 1380 g/mol. The van der Waals surface area contributed by atoms with Gasteiger partial charge in [0.1, 0.15) is 24.2 Å². The number of carbonyl (C=O) groups is 8. The predicted octanol–water partition coefficient (Wildman–Crippen LogP) is 5.21. The topological polar surface area (TPSA) is 332 Å². The first-order chi connectivity index (χ1) is 43.9. The van der Waals surface area contributed by atoms with Crippen LogP contribution in [0.3, 0.4) is 0 Å². The molecule has 18 nitrogen and oxygen atoms in total. The first kappa shape index (κ1) is 87.2. The van der Waals surface area contributed by atoms with Gasteiger partial charge in [-0.25, -0.2) is 19.2 Å². The second-order valence-corrected chi connectivity index (χ2v) is 27.8. The number of benzene rings is 4. The summed E-state index contributed by atoms with van der Waals surface area (Å²) in [6.45, 7) is 17.8. The van der Waals surface area contributed by atoms with Gasteiger partial charge in [-0.05, 0) is 172 Å². The van der Waals surface area contributed by atoms with E-state index < -0.39 is 48.0 Å². The van der Waals surface area contributed by atoms with Gasteiger partial charge in [-0.15, -0.1) is 0 Å². The van der Waals surface area contributed by atoms with E-state index in [0.717, 1.165) is 125 Å². The zero-order valence-corrected chi connectivity index (χ0v) is 59.4. The summed E-state index contributed by atoms with van der Waals surface area (Å²) in [5.41, 5.74) is 3.68. The van der Waals surface area contributed by atoms with Crippen LogP contribution in [-0.4, -0.2) is 92.1 Å². The Kier molecular flexibility index (Phi) is 41.4. The lowest BCUT2D eigenvalue weighted by Gasteiger charge is -2.30. The number of amides is 4. The van der Waals surface area contributed by atoms with Gasteiger partial charge in [0.15, 0.2) is 0 Å². The molecule has 4 aliphatic carbocycles. The van der Waals surface area contributed by atoms with Crippen LogP contribution in [0.2, 0.25) is 0 Å². The molecule has 96 heavy (non-hydrogen) atoms. The van der Waals surface area contributed by atoms with Crippen LogP contribution in [0.25, 0.3) is 0 Å². The highest BCUT2D eigenvalue weighted by atomic mass is 35.5. The highest BCUT2D eigenvalue weighted by Crippen LogP contribution is 2.37. The maximum Gasteiger partial charge on any atom is 0.326 e. The molecule has 4 fully saturated rings. The molecule has 0 bridgehead atoms. The summed E-state index contributed by atoms with van der Waals surface area (Å²) in [4.78, 5) is 95.4. The molecule has 0 heterocycles. The average Bonchev–Trinajstić information content (AvgIpc) is 1.39. The number of carboxylic acids is 4. The molecule has 0 unspecified atom stereocenters. The molecule has 4 aromatic carbocycles. The molecule has 4 aromatic rings. The van der Waals surface area contributed by atoms with Gasteiger partial charge < -0.3 is 77.5 Å². The molecule has 4 atom stereocenters. The molecule has 4 saturated carbocycles.